The summed E-state index contributed by atoms with van der Waals surface area (Å²) in [6, 6.07) is 7.92. The Morgan fingerprint density at radius 2 is 1.92 bits per heavy atom. The van der Waals surface area contributed by atoms with E-state index in [9.17, 15) is 9.59 Å². The van der Waals surface area contributed by atoms with Gasteiger partial charge in [-0.15, -0.1) is 0 Å². The van der Waals surface area contributed by atoms with Crippen molar-refractivity contribution in [3.8, 4) is 0 Å². The summed E-state index contributed by atoms with van der Waals surface area (Å²) < 4.78 is 0. The molecule has 1 aromatic rings. The molecule has 0 unspecified atom stereocenters. The second-order valence-electron chi connectivity index (χ2n) is 8.78. The third kappa shape index (κ3) is 3.47. The van der Waals surface area contributed by atoms with Gasteiger partial charge in [-0.05, 0) is 48.6 Å². The number of para-hydroxylation sites is 1. The van der Waals surface area contributed by atoms with Crippen molar-refractivity contribution < 1.29 is 9.59 Å². The summed E-state index contributed by atoms with van der Waals surface area (Å²) in [6.45, 7) is 9.59. The van der Waals surface area contributed by atoms with Gasteiger partial charge in [-0.3, -0.25) is 9.59 Å². The average molecular weight is 328 g/mol. The molecule has 1 aliphatic heterocycles. The number of nitrogens with one attached hydrogen (secondary N) is 1. The van der Waals surface area contributed by atoms with E-state index in [1.807, 2.05) is 36.1 Å². The van der Waals surface area contributed by atoms with Crippen LogP contribution in [0.3, 0.4) is 0 Å². The summed E-state index contributed by atoms with van der Waals surface area (Å²) in [5.41, 5.74) is 2.26. The molecule has 0 aromatic heterocycles. The van der Waals surface area contributed by atoms with Gasteiger partial charge in [0.05, 0.1) is 0 Å². The predicted octanol–water partition coefficient (Wildman–Crippen LogP) is 3.75. The van der Waals surface area contributed by atoms with E-state index in [1.54, 1.807) is 0 Å². The Morgan fingerprint density at radius 1 is 1.21 bits per heavy atom. The maximum absolute atomic E-state index is 12.7. The number of hydrogen-bond donors (Lipinski definition) is 1. The van der Waals surface area contributed by atoms with Crippen LogP contribution < -0.4 is 5.32 Å². The van der Waals surface area contributed by atoms with E-state index in [1.165, 1.54) is 0 Å². The van der Waals surface area contributed by atoms with Crippen molar-refractivity contribution in [1.29, 1.82) is 0 Å². The van der Waals surface area contributed by atoms with Gasteiger partial charge < -0.3 is 10.2 Å². The summed E-state index contributed by atoms with van der Waals surface area (Å²) in [4.78, 5) is 26.9. The first-order chi connectivity index (χ1) is 11.2. The van der Waals surface area contributed by atoms with Crippen LogP contribution in [0, 0.1) is 17.8 Å². The maximum Gasteiger partial charge on any atom is 0.233 e. The highest BCUT2D eigenvalue weighted by molar-refractivity contribution is 6.04. The lowest BCUT2D eigenvalue weighted by atomic mass is 9.65. The Hall–Kier alpha value is -1.84. The van der Waals surface area contributed by atoms with Crippen LogP contribution in [-0.4, -0.2) is 29.3 Å². The van der Waals surface area contributed by atoms with Crippen LogP contribution in [0.15, 0.2) is 24.3 Å². The van der Waals surface area contributed by atoms with E-state index in [0.29, 0.717) is 0 Å². The van der Waals surface area contributed by atoms with E-state index >= 15 is 0 Å². The Bertz CT molecular complexity index is 667. The number of amides is 2. The molecule has 1 aliphatic carbocycles. The molecule has 0 spiro atoms. The quantitative estimate of drug-likeness (QED) is 0.859. The van der Waals surface area contributed by atoms with Gasteiger partial charge in [0.1, 0.15) is 6.42 Å². The van der Waals surface area contributed by atoms with Crippen molar-refractivity contribution >= 4 is 17.5 Å². The van der Waals surface area contributed by atoms with Gasteiger partial charge in [0, 0.05) is 18.3 Å². The number of carbonyl (C=O) groups is 2. The zero-order valence-corrected chi connectivity index (χ0v) is 15.2. The molecule has 1 saturated carbocycles. The Kier molecular flexibility index (Phi) is 4.18. The number of anilines is 1. The molecular formula is C20H28N2O2. The van der Waals surface area contributed by atoms with E-state index < -0.39 is 0 Å². The smallest absolute Gasteiger partial charge is 0.233 e. The minimum Gasteiger partial charge on any atom is -0.339 e. The number of fused-ring (bicyclic) bond motifs is 2. The first-order valence-corrected chi connectivity index (χ1v) is 8.83. The van der Waals surface area contributed by atoms with Gasteiger partial charge >= 0.3 is 0 Å². The highest BCUT2D eigenvalue weighted by atomic mass is 16.2. The van der Waals surface area contributed by atoms with Crippen LogP contribution in [0.4, 0.5) is 5.69 Å². The van der Waals surface area contributed by atoms with Gasteiger partial charge in [-0.25, -0.2) is 0 Å². The molecule has 3 rings (SSSR count). The molecular weight excluding hydrogens is 300 g/mol. The van der Waals surface area contributed by atoms with E-state index in [0.717, 1.165) is 37.1 Å². The van der Waals surface area contributed by atoms with Gasteiger partial charge in [0.25, 0.3) is 0 Å². The largest absolute Gasteiger partial charge is 0.339 e. The topological polar surface area (TPSA) is 49.4 Å². The molecule has 1 heterocycles. The summed E-state index contributed by atoms with van der Waals surface area (Å²) in [5, 5.41) is 2.86. The molecule has 1 saturated heterocycles. The zero-order valence-electron chi connectivity index (χ0n) is 15.2. The molecule has 2 amide bonds. The molecule has 24 heavy (non-hydrogen) atoms. The van der Waals surface area contributed by atoms with Crippen LogP contribution in [0.2, 0.25) is 0 Å². The normalized spacial score (nSPS) is 27.8. The number of benzene rings is 1. The summed E-state index contributed by atoms with van der Waals surface area (Å²) in [6.07, 6.45) is 3.19. The fraction of sp³-hybridized carbons (Fsp3) is 0.600. The first kappa shape index (κ1) is 17.0. The van der Waals surface area contributed by atoms with Crippen molar-refractivity contribution in [3.05, 3.63) is 29.8 Å². The van der Waals surface area contributed by atoms with Gasteiger partial charge in [0.2, 0.25) is 11.8 Å². The molecule has 2 atom stereocenters. The second kappa shape index (κ2) is 5.91. The highest BCUT2D eigenvalue weighted by Gasteiger charge is 2.50. The van der Waals surface area contributed by atoms with Crippen LogP contribution in [0.25, 0.3) is 0 Å². The number of rotatable bonds is 3. The third-order valence-electron chi connectivity index (χ3n) is 5.47. The number of nitrogens with zero attached hydrogens (tertiary/aromatic N) is 1. The Balaban J connectivity index is 1.63. The maximum atomic E-state index is 12.7. The molecule has 1 aromatic carbocycles. The monoisotopic (exact) mass is 328 g/mol. The van der Waals surface area contributed by atoms with Gasteiger partial charge in [-0.2, -0.15) is 0 Å². The number of aryl methyl sites for hydroxylation is 1. The number of likely N-dealkylation sites (tertiary alicyclic amines) is 1. The van der Waals surface area contributed by atoms with Crippen molar-refractivity contribution in [3.63, 3.8) is 0 Å². The van der Waals surface area contributed by atoms with Gasteiger partial charge in [-0.1, -0.05) is 39.0 Å². The fourth-order valence-corrected chi connectivity index (χ4v) is 4.90. The third-order valence-corrected chi connectivity index (χ3v) is 5.47. The molecule has 0 radical (unpaired) electrons. The summed E-state index contributed by atoms with van der Waals surface area (Å²) in [7, 11) is 0. The van der Waals surface area contributed by atoms with Crippen LogP contribution in [0.5, 0.6) is 0 Å². The molecule has 4 nitrogen and oxygen atoms in total. The first-order valence-electron chi connectivity index (χ1n) is 8.83. The lowest BCUT2D eigenvalue weighted by molar-refractivity contribution is -0.135. The summed E-state index contributed by atoms with van der Waals surface area (Å²) in [5.74, 6) is -0.257. The standard InChI is InChI=1S/C20H28N2O2/c1-14-7-5-6-8-16(14)21-17(23)9-18(24)22-13-20(4)11-15(22)10-19(2,3)12-20/h5-8,15H,9-13H2,1-4H3,(H,21,23)/t15-,20-/m1/s1. The fourth-order valence-electron chi connectivity index (χ4n) is 4.90. The van der Waals surface area contributed by atoms with E-state index in [4.69, 9.17) is 0 Å². The lowest BCUT2D eigenvalue weighted by Crippen LogP contribution is -2.39. The van der Waals surface area contributed by atoms with Crippen LogP contribution >= 0.6 is 0 Å². The Morgan fingerprint density at radius 3 is 2.62 bits per heavy atom. The molecule has 2 bridgehead atoms. The SMILES string of the molecule is Cc1ccccc1NC(=O)CC(=O)N1C[C@]2(C)C[C@H]1CC(C)(C)C2. The zero-order chi connectivity index (χ0) is 17.5. The van der Waals surface area contributed by atoms with E-state index in [-0.39, 0.29) is 35.1 Å². The van der Waals surface area contributed by atoms with Crippen molar-refractivity contribution in [2.45, 2.75) is 59.4 Å². The minimum absolute atomic E-state index is 0.0347. The minimum atomic E-state index is -0.222. The van der Waals surface area contributed by atoms with Crippen molar-refractivity contribution in [2.24, 2.45) is 10.8 Å². The van der Waals surface area contributed by atoms with Crippen LogP contribution in [0.1, 0.15) is 52.0 Å². The number of hydrogen-bond acceptors (Lipinski definition) is 2. The molecule has 130 valence electrons. The van der Waals surface area contributed by atoms with Crippen molar-refractivity contribution in [1.82, 2.24) is 4.90 Å². The van der Waals surface area contributed by atoms with Crippen molar-refractivity contribution in [2.75, 3.05) is 11.9 Å². The van der Waals surface area contributed by atoms with Crippen LogP contribution in [-0.2, 0) is 9.59 Å². The molecule has 2 fully saturated rings. The summed E-state index contributed by atoms with van der Waals surface area (Å²) >= 11 is 0. The molecule has 4 heteroatoms. The number of carbonyl (C=O) groups excluding carboxylic acids is 2. The van der Waals surface area contributed by atoms with Gasteiger partial charge in [0.15, 0.2) is 0 Å². The van der Waals surface area contributed by atoms with E-state index in [2.05, 4.69) is 26.1 Å². The second-order valence-corrected chi connectivity index (χ2v) is 8.78. The average Bonchev–Trinajstić information content (AvgIpc) is 2.70. The molecule has 2 aliphatic rings. The highest BCUT2D eigenvalue weighted by Crippen LogP contribution is 2.52. The predicted molar refractivity (Wildman–Crippen MR) is 95.7 cm³/mol. The lowest BCUT2D eigenvalue weighted by Gasteiger charge is -2.39. The Labute approximate surface area is 144 Å². The molecule has 1 N–H and O–H groups in total.